The number of hydrogen-bond acceptors (Lipinski definition) is 4. The topological polar surface area (TPSA) is 63.6 Å². The fraction of sp³-hybridized carbons (Fsp3) is 0.625. The molecule has 2 fully saturated rings. The number of aliphatic hydroxyl groups is 1. The first-order valence-corrected chi connectivity index (χ1v) is 9.40. The third kappa shape index (κ3) is 2.79. The lowest BCUT2D eigenvalue weighted by atomic mass is 9.80. The van der Waals surface area contributed by atoms with Gasteiger partial charge in [-0.3, -0.25) is 0 Å². The molecule has 0 aromatic heterocycles. The van der Waals surface area contributed by atoms with Gasteiger partial charge in [-0.25, -0.2) is 8.42 Å². The maximum absolute atomic E-state index is 12.9. The highest BCUT2D eigenvalue weighted by atomic mass is 32.2. The van der Waals surface area contributed by atoms with Crippen molar-refractivity contribution in [3.05, 3.63) is 29.3 Å². The van der Waals surface area contributed by atoms with Crippen LogP contribution in [0, 0.1) is 0 Å². The Bertz CT molecular complexity index is 722. The molecular weight excluding hydrogens is 345 g/mol. The molecule has 3 rings (SSSR count). The summed E-state index contributed by atoms with van der Waals surface area (Å²) in [7, 11) is -2.04. The van der Waals surface area contributed by atoms with E-state index in [4.69, 9.17) is 4.74 Å². The highest BCUT2D eigenvalue weighted by Crippen LogP contribution is 2.48. The SMILES string of the molecule is COc1cc(C(F)(F)F)ccc1C1(O)CC2CCCC(C1)S2(=O)=O. The second-order valence-corrected chi connectivity index (χ2v) is 9.13. The van der Waals surface area contributed by atoms with Gasteiger partial charge in [0.25, 0.3) is 0 Å². The predicted molar refractivity (Wildman–Crippen MR) is 81.5 cm³/mol. The van der Waals surface area contributed by atoms with Crippen LogP contribution >= 0.6 is 0 Å². The number of hydrogen-bond donors (Lipinski definition) is 1. The van der Waals surface area contributed by atoms with Crippen LogP contribution in [-0.4, -0.2) is 31.1 Å². The van der Waals surface area contributed by atoms with E-state index >= 15 is 0 Å². The van der Waals surface area contributed by atoms with Crippen LogP contribution in [0.3, 0.4) is 0 Å². The minimum atomic E-state index is -4.51. The van der Waals surface area contributed by atoms with Gasteiger partial charge in [0.05, 0.1) is 28.8 Å². The van der Waals surface area contributed by atoms with Gasteiger partial charge in [-0.1, -0.05) is 12.5 Å². The minimum Gasteiger partial charge on any atom is -0.496 e. The summed E-state index contributed by atoms with van der Waals surface area (Å²) in [6.45, 7) is 0. The van der Waals surface area contributed by atoms with Crippen molar-refractivity contribution in [2.45, 2.75) is 54.4 Å². The number of benzene rings is 1. The van der Waals surface area contributed by atoms with Gasteiger partial charge in [0.2, 0.25) is 0 Å². The number of methoxy groups -OCH3 is 1. The average Bonchev–Trinajstić information content (AvgIpc) is 2.47. The number of alkyl halides is 3. The van der Waals surface area contributed by atoms with Gasteiger partial charge < -0.3 is 9.84 Å². The molecule has 2 saturated heterocycles. The van der Waals surface area contributed by atoms with Gasteiger partial charge in [0.15, 0.2) is 9.84 Å². The lowest BCUT2D eigenvalue weighted by molar-refractivity contribution is -0.137. The van der Waals surface area contributed by atoms with Crippen molar-refractivity contribution in [2.75, 3.05) is 7.11 Å². The van der Waals surface area contributed by atoms with E-state index in [0.29, 0.717) is 12.8 Å². The van der Waals surface area contributed by atoms with E-state index in [1.165, 1.54) is 13.2 Å². The van der Waals surface area contributed by atoms with E-state index in [2.05, 4.69) is 0 Å². The molecule has 0 amide bonds. The third-order valence-electron chi connectivity index (χ3n) is 5.14. The number of ether oxygens (including phenoxy) is 1. The van der Waals surface area contributed by atoms with Gasteiger partial charge >= 0.3 is 6.18 Å². The van der Waals surface area contributed by atoms with E-state index in [1.807, 2.05) is 0 Å². The summed E-state index contributed by atoms with van der Waals surface area (Å²) in [5.41, 5.74) is -2.13. The van der Waals surface area contributed by atoms with Crippen LogP contribution in [0.2, 0.25) is 0 Å². The fourth-order valence-corrected chi connectivity index (χ4v) is 6.47. The molecule has 1 aromatic carbocycles. The largest absolute Gasteiger partial charge is 0.496 e. The number of fused-ring (bicyclic) bond motifs is 2. The quantitative estimate of drug-likeness (QED) is 0.876. The Kier molecular flexibility index (Phi) is 4.11. The molecule has 134 valence electrons. The molecule has 2 heterocycles. The van der Waals surface area contributed by atoms with Gasteiger partial charge in [-0.2, -0.15) is 13.2 Å². The average molecular weight is 364 g/mol. The van der Waals surface area contributed by atoms with E-state index in [9.17, 15) is 26.7 Å². The van der Waals surface area contributed by atoms with Crippen molar-refractivity contribution >= 4 is 9.84 Å². The maximum atomic E-state index is 12.9. The Morgan fingerprint density at radius 3 is 2.29 bits per heavy atom. The van der Waals surface area contributed by atoms with Crippen LogP contribution < -0.4 is 4.74 Å². The Balaban J connectivity index is 2.02. The van der Waals surface area contributed by atoms with Gasteiger partial charge in [0.1, 0.15) is 5.75 Å². The summed E-state index contributed by atoms with van der Waals surface area (Å²) in [6.07, 6.45) is -2.79. The lowest BCUT2D eigenvalue weighted by Gasteiger charge is -2.44. The highest BCUT2D eigenvalue weighted by Gasteiger charge is 2.52. The summed E-state index contributed by atoms with van der Waals surface area (Å²) >= 11 is 0. The Morgan fingerprint density at radius 1 is 1.21 bits per heavy atom. The Hall–Kier alpha value is -1.28. The molecular formula is C16H19F3O4S. The monoisotopic (exact) mass is 364 g/mol. The molecule has 0 saturated carbocycles. The number of halogens is 3. The van der Waals surface area contributed by atoms with Crippen molar-refractivity contribution in [3.8, 4) is 5.75 Å². The fourth-order valence-electron chi connectivity index (χ4n) is 3.92. The van der Waals surface area contributed by atoms with Crippen molar-refractivity contribution in [3.63, 3.8) is 0 Å². The molecule has 2 aliphatic rings. The van der Waals surface area contributed by atoms with Gasteiger partial charge in [-0.15, -0.1) is 0 Å². The standard InChI is InChI=1S/C16H19F3O4S/c1-23-14-7-10(16(17,18)19)5-6-13(14)15(20)8-11-3-2-4-12(9-15)24(11,21)22/h5-7,11-12,20H,2-4,8-9H2,1H3. The maximum Gasteiger partial charge on any atom is 0.416 e. The minimum absolute atomic E-state index is 0.00639. The van der Waals surface area contributed by atoms with Crippen molar-refractivity contribution in [1.82, 2.24) is 0 Å². The number of sulfone groups is 1. The van der Waals surface area contributed by atoms with Crippen molar-refractivity contribution in [1.29, 1.82) is 0 Å². The van der Waals surface area contributed by atoms with Crippen LogP contribution in [0.25, 0.3) is 0 Å². The molecule has 0 aliphatic carbocycles. The first-order chi connectivity index (χ1) is 11.1. The molecule has 2 unspecified atom stereocenters. The smallest absolute Gasteiger partial charge is 0.416 e. The zero-order chi connectivity index (χ0) is 17.8. The van der Waals surface area contributed by atoms with Crippen LogP contribution in [0.4, 0.5) is 13.2 Å². The summed E-state index contributed by atoms with van der Waals surface area (Å²) < 4.78 is 68.4. The summed E-state index contributed by atoms with van der Waals surface area (Å²) in [5, 5.41) is 9.76. The predicted octanol–water partition coefficient (Wildman–Crippen LogP) is 3.03. The summed E-state index contributed by atoms with van der Waals surface area (Å²) in [5.74, 6) is -0.0651. The summed E-state index contributed by atoms with van der Waals surface area (Å²) in [4.78, 5) is 0. The first-order valence-electron chi connectivity index (χ1n) is 7.79. The molecule has 24 heavy (non-hydrogen) atoms. The van der Waals surface area contributed by atoms with Gasteiger partial charge in [-0.05, 0) is 37.8 Å². The lowest BCUT2D eigenvalue weighted by Crippen LogP contribution is -2.50. The zero-order valence-electron chi connectivity index (χ0n) is 13.1. The molecule has 2 bridgehead atoms. The van der Waals surface area contributed by atoms with Crippen LogP contribution in [-0.2, 0) is 21.6 Å². The van der Waals surface area contributed by atoms with E-state index in [-0.39, 0.29) is 24.2 Å². The molecule has 4 nitrogen and oxygen atoms in total. The number of rotatable bonds is 2. The van der Waals surface area contributed by atoms with Crippen LogP contribution in [0.1, 0.15) is 43.2 Å². The van der Waals surface area contributed by atoms with Crippen molar-refractivity contribution < 1.29 is 31.4 Å². The molecule has 8 heteroatoms. The second-order valence-electron chi connectivity index (χ2n) is 6.62. The molecule has 2 atom stereocenters. The molecule has 0 spiro atoms. The third-order valence-corrected chi connectivity index (χ3v) is 7.81. The molecule has 2 aliphatic heterocycles. The Labute approximate surface area is 138 Å². The molecule has 1 N–H and O–H groups in total. The van der Waals surface area contributed by atoms with Gasteiger partial charge in [0, 0.05) is 5.56 Å². The summed E-state index contributed by atoms with van der Waals surface area (Å²) in [6, 6.07) is 2.95. The van der Waals surface area contributed by atoms with E-state index in [0.717, 1.165) is 18.6 Å². The highest BCUT2D eigenvalue weighted by molar-refractivity contribution is 7.92. The van der Waals surface area contributed by atoms with Crippen LogP contribution in [0.5, 0.6) is 5.75 Å². The normalized spacial score (nSPS) is 32.4. The first kappa shape index (κ1) is 17.5. The van der Waals surface area contributed by atoms with E-state index in [1.54, 1.807) is 0 Å². The van der Waals surface area contributed by atoms with Crippen molar-refractivity contribution in [2.24, 2.45) is 0 Å². The van der Waals surface area contributed by atoms with Crippen LogP contribution in [0.15, 0.2) is 18.2 Å². The second kappa shape index (κ2) is 5.62. The zero-order valence-corrected chi connectivity index (χ0v) is 14.0. The Morgan fingerprint density at radius 2 is 1.79 bits per heavy atom. The van der Waals surface area contributed by atoms with E-state index < -0.39 is 37.7 Å². The molecule has 1 aromatic rings. The molecule has 0 radical (unpaired) electrons.